The van der Waals surface area contributed by atoms with Gasteiger partial charge < -0.3 is 20.4 Å². The number of amides is 3. The Balaban J connectivity index is 1.08. The molecule has 5 rings (SSSR count). The molecule has 0 aromatic heterocycles. The normalized spacial score (nSPS) is 15.2. The molecule has 3 aromatic rings. The van der Waals surface area contributed by atoms with Crippen molar-refractivity contribution in [2.24, 2.45) is 5.92 Å². The Morgan fingerprint density at radius 2 is 1.43 bits per heavy atom. The zero-order valence-electron chi connectivity index (χ0n) is 19.7. The predicted octanol–water partition coefficient (Wildman–Crippen LogP) is 5.74. The average molecular weight is 487 g/mol. The molecule has 0 unspecified atom stereocenters. The van der Waals surface area contributed by atoms with Crippen molar-refractivity contribution in [1.29, 1.82) is 0 Å². The molecule has 7 heteroatoms. The van der Waals surface area contributed by atoms with Gasteiger partial charge in [-0.25, -0.2) is 4.79 Å². The lowest BCUT2D eigenvalue weighted by Gasteiger charge is -2.33. The topological polar surface area (TPSA) is 64.7 Å². The molecule has 2 N–H and O–H groups in total. The lowest BCUT2D eigenvalue weighted by Crippen LogP contribution is -2.44. The summed E-state index contributed by atoms with van der Waals surface area (Å²) in [6.07, 6.45) is 2.24. The van der Waals surface area contributed by atoms with Gasteiger partial charge in [0.2, 0.25) is 5.91 Å². The Kier molecular flexibility index (Phi) is 7.23. The van der Waals surface area contributed by atoms with Crippen LogP contribution in [0.5, 0.6) is 0 Å². The minimum Gasteiger partial charge on any atom is -0.356 e. The number of urea groups is 1. The first-order valence-electron chi connectivity index (χ1n) is 12.2. The van der Waals surface area contributed by atoms with Crippen LogP contribution in [-0.4, -0.2) is 43.0 Å². The fourth-order valence-electron chi connectivity index (χ4n) is 4.68. The molecule has 1 saturated heterocycles. The first-order chi connectivity index (χ1) is 17.2. The second-order valence-electron chi connectivity index (χ2n) is 8.89. The Labute approximate surface area is 210 Å². The van der Waals surface area contributed by atoms with Gasteiger partial charge in [0.25, 0.3) is 0 Å². The van der Waals surface area contributed by atoms with Gasteiger partial charge in [-0.3, -0.25) is 4.79 Å². The van der Waals surface area contributed by atoms with Crippen molar-refractivity contribution in [2.45, 2.75) is 29.1 Å². The lowest BCUT2D eigenvalue weighted by molar-refractivity contribution is -0.126. The first kappa shape index (κ1) is 23.3. The summed E-state index contributed by atoms with van der Waals surface area (Å²) in [5.74, 6) is 0.0618. The minimum absolute atomic E-state index is 0.0383. The first-order valence-corrected chi connectivity index (χ1v) is 13.0. The third-order valence-corrected chi connectivity index (χ3v) is 7.70. The van der Waals surface area contributed by atoms with Gasteiger partial charge >= 0.3 is 6.03 Å². The number of para-hydroxylation sites is 3. The number of carbonyl (C=O) groups excluding carboxylic acids is 2. The average Bonchev–Trinajstić information content (AvgIpc) is 2.91. The zero-order chi connectivity index (χ0) is 24.0. The van der Waals surface area contributed by atoms with Crippen LogP contribution in [0.4, 0.5) is 21.9 Å². The van der Waals surface area contributed by atoms with Crippen LogP contribution in [0.2, 0.25) is 0 Å². The maximum atomic E-state index is 12.8. The quantitative estimate of drug-likeness (QED) is 0.436. The van der Waals surface area contributed by atoms with Crippen LogP contribution in [0, 0.1) is 5.92 Å². The smallest absolute Gasteiger partial charge is 0.321 e. The maximum absolute atomic E-state index is 12.8. The van der Waals surface area contributed by atoms with Crippen molar-refractivity contribution < 1.29 is 9.59 Å². The molecule has 0 atom stereocenters. The van der Waals surface area contributed by atoms with E-state index in [2.05, 4.69) is 64.1 Å². The van der Waals surface area contributed by atoms with E-state index >= 15 is 0 Å². The summed E-state index contributed by atoms with van der Waals surface area (Å²) in [5, 5.41) is 6.06. The van der Waals surface area contributed by atoms with Crippen molar-refractivity contribution in [3.05, 3.63) is 78.9 Å². The Bertz CT molecular complexity index is 1130. The van der Waals surface area contributed by atoms with E-state index in [9.17, 15) is 9.59 Å². The van der Waals surface area contributed by atoms with E-state index in [1.165, 1.54) is 21.2 Å². The van der Waals surface area contributed by atoms with Crippen molar-refractivity contribution in [3.8, 4) is 0 Å². The largest absolute Gasteiger partial charge is 0.356 e. The van der Waals surface area contributed by atoms with Gasteiger partial charge in [0.1, 0.15) is 0 Å². The number of anilines is 3. The van der Waals surface area contributed by atoms with Crippen LogP contribution in [-0.2, 0) is 4.79 Å². The van der Waals surface area contributed by atoms with Crippen LogP contribution in [0.25, 0.3) is 0 Å². The summed E-state index contributed by atoms with van der Waals surface area (Å²) in [5.41, 5.74) is 3.24. The summed E-state index contributed by atoms with van der Waals surface area (Å²) in [4.78, 5) is 31.9. The second kappa shape index (κ2) is 10.9. The fourth-order valence-corrected chi connectivity index (χ4v) is 5.78. The summed E-state index contributed by atoms with van der Waals surface area (Å²) in [6, 6.07) is 26.3. The molecule has 0 aliphatic carbocycles. The van der Waals surface area contributed by atoms with Gasteiger partial charge in [0.05, 0.1) is 11.4 Å². The summed E-state index contributed by atoms with van der Waals surface area (Å²) < 4.78 is 0. The van der Waals surface area contributed by atoms with E-state index in [0.717, 1.165) is 18.7 Å². The number of nitrogens with one attached hydrogen (secondary N) is 2. The third kappa shape index (κ3) is 5.46. The van der Waals surface area contributed by atoms with Crippen molar-refractivity contribution in [2.75, 3.05) is 36.4 Å². The molecule has 3 aromatic carbocycles. The van der Waals surface area contributed by atoms with Crippen LogP contribution in [0.1, 0.15) is 19.3 Å². The molecule has 6 nitrogen and oxygen atoms in total. The van der Waals surface area contributed by atoms with Gasteiger partial charge in [0.15, 0.2) is 0 Å². The number of fused-ring (bicyclic) bond motifs is 2. The van der Waals surface area contributed by atoms with E-state index in [0.29, 0.717) is 32.5 Å². The van der Waals surface area contributed by atoms with Crippen LogP contribution in [0.3, 0.4) is 0 Å². The van der Waals surface area contributed by atoms with Crippen molar-refractivity contribution in [1.82, 2.24) is 10.2 Å². The predicted molar refractivity (Wildman–Crippen MR) is 141 cm³/mol. The summed E-state index contributed by atoms with van der Waals surface area (Å²) in [7, 11) is 0. The highest BCUT2D eigenvalue weighted by Gasteiger charge is 2.27. The SMILES string of the molecule is O=C(NCCCN1c2ccccc2Sc2ccccc21)C1CCN(C(=O)Nc2ccccc2)CC1. The molecule has 1 fully saturated rings. The number of piperidine rings is 1. The molecule has 0 spiro atoms. The van der Waals surface area contributed by atoms with Crippen LogP contribution >= 0.6 is 11.8 Å². The molecule has 3 amide bonds. The van der Waals surface area contributed by atoms with Gasteiger partial charge in [-0.15, -0.1) is 0 Å². The molecule has 0 saturated carbocycles. The van der Waals surface area contributed by atoms with E-state index in [-0.39, 0.29) is 17.9 Å². The molecule has 0 radical (unpaired) electrons. The van der Waals surface area contributed by atoms with E-state index in [4.69, 9.17) is 0 Å². The number of likely N-dealkylation sites (tertiary alicyclic amines) is 1. The molecule has 2 aliphatic rings. The van der Waals surface area contributed by atoms with Gasteiger partial charge in [-0.1, -0.05) is 54.2 Å². The highest BCUT2D eigenvalue weighted by atomic mass is 32.2. The Morgan fingerprint density at radius 3 is 2.09 bits per heavy atom. The number of nitrogens with zero attached hydrogens (tertiary/aromatic N) is 2. The molecule has 2 heterocycles. The standard InChI is InChI=1S/C28H30N4O2S/c33-27(21-15-19-31(20-16-21)28(34)30-22-9-2-1-3-10-22)29-17-8-18-32-23-11-4-6-13-25(23)35-26-14-7-5-12-24(26)32/h1-7,9-14,21H,8,15-20H2,(H,29,33)(H,30,34). The second-order valence-corrected chi connectivity index (χ2v) is 9.98. The highest BCUT2D eigenvalue weighted by molar-refractivity contribution is 7.99. The number of rotatable bonds is 6. The number of hydrogen-bond acceptors (Lipinski definition) is 4. The molecule has 0 bridgehead atoms. The van der Waals surface area contributed by atoms with E-state index in [1.807, 2.05) is 42.1 Å². The summed E-state index contributed by atoms with van der Waals surface area (Å²) in [6.45, 7) is 2.67. The molecule has 2 aliphatic heterocycles. The van der Waals surface area contributed by atoms with Gasteiger partial charge in [-0.05, 0) is 55.7 Å². The maximum Gasteiger partial charge on any atom is 0.321 e. The molecule has 180 valence electrons. The Morgan fingerprint density at radius 1 is 0.829 bits per heavy atom. The van der Waals surface area contributed by atoms with E-state index in [1.54, 1.807) is 4.90 Å². The van der Waals surface area contributed by atoms with Crippen LogP contribution in [0.15, 0.2) is 88.7 Å². The molecule has 35 heavy (non-hydrogen) atoms. The number of hydrogen-bond donors (Lipinski definition) is 2. The van der Waals surface area contributed by atoms with Crippen molar-refractivity contribution in [3.63, 3.8) is 0 Å². The number of carbonyl (C=O) groups is 2. The molecular formula is C28H30N4O2S. The highest BCUT2D eigenvalue weighted by Crippen LogP contribution is 2.47. The van der Waals surface area contributed by atoms with E-state index < -0.39 is 0 Å². The Hall–Kier alpha value is -3.45. The number of benzene rings is 3. The van der Waals surface area contributed by atoms with Gasteiger partial charge in [0, 0.05) is 47.6 Å². The summed E-state index contributed by atoms with van der Waals surface area (Å²) >= 11 is 1.81. The monoisotopic (exact) mass is 486 g/mol. The van der Waals surface area contributed by atoms with Crippen molar-refractivity contribution >= 4 is 40.8 Å². The van der Waals surface area contributed by atoms with Gasteiger partial charge in [-0.2, -0.15) is 0 Å². The lowest BCUT2D eigenvalue weighted by atomic mass is 9.96. The van der Waals surface area contributed by atoms with Crippen LogP contribution < -0.4 is 15.5 Å². The zero-order valence-corrected chi connectivity index (χ0v) is 20.5. The third-order valence-electron chi connectivity index (χ3n) is 6.57. The fraction of sp³-hybridized carbons (Fsp3) is 0.286. The minimum atomic E-state index is -0.102. The molecular weight excluding hydrogens is 456 g/mol.